The van der Waals surface area contributed by atoms with E-state index < -0.39 is 29.8 Å². The third-order valence-corrected chi connectivity index (χ3v) is 6.60. The van der Waals surface area contributed by atoms with Crippen molar-refractivity contribution < 1.29 is 47.7 Å². The Morgan fingerprint density at radius 3 is 1.22 bits per heavy atom. The minimum atomic E-state index is -0.988. The van der Waals surface area contributed by atoms with Crippen LogP contribution in [0.1, 0.15) is 114 Å². The first-order valence-corrected chi connectivity index (χ1v) is 15.4. The molecular weight excluding hydrogens is 580 g/mol. The molecule has 0 heterocycles. The summed E-state index contributed by atoms with van der Waals surface area (Å²) in [6.45, 7) is 11.8. The number of rotatable bonds is 18. The van der Waals surface area contributed by atoms with Crippen molar-refractivity contribution in [3.05, 3.63) is 70.3 Å². The van der Waals surface area contributed by atoms with Gasteiger partial charge in [-0.25, -0.2) is 19.2 Å². The molecule has 10 heteroatoms. The zero-order valence-corrected chi connectivity index (χ0v) is 27.2. The molecular formula is C35H46O10. The zero-order chi connectivity index (χ0) is 33.4. The number of benzene rings is 2. The molecule has 0 atom stereocenters. The van der Waals surface area contributed by atoms with Gasteiger partial charge in [-0.05, 0) is 54.7 Å². The van der Waals surface area contributed by atoms with Gasteiger partial charge in [-0.2, -0.15) is 0 Å². The topological polar surface area (TPSA) is 132 Å². The number of hydrogen-bond donors (Lipinski definition) is 0. The highest BCUT2D eigenvalue weighted by atomic mass is 16.6. The summed E-state index contributed by atoms with van der Waals surface area (Å²) >= 11 is 0. The molecule has 45 heavy (non-hydrogen) atoms. The van der Waals surface area contributed by atoms with E-state index in [9.17, 15) is 24.0 Å². The van der Waals surface area contributed by atoms with Gasteiger partial charge in [-0.1, -0.05) is 71.9 Å². The molecule has 0 saturated carbocycles. The molecule has 0 aliphatic rings. The van der Waals surface area contributed by atoms with E-state index >= 15 is 0 Å². The van der Waals surface area contributed by atoms with Gasteiger partial charge in [0, 0.05) is 0 Å². The summed E-state index contributed by atoms with van der Waals surface area (Å²) in [5.41, 5.74) is -0.257. The molecule has 2 aromatic carbocycles. The number of carbonyl (C=O) groups excluding carboxylic acids is 5. The van der Waals surface area contributed by atoms with Gasteiger partial charge in [0.1, 0.15) is 13.2 Å². The van der Waals surface area contributed by atoms with E-state index in [1.165, 1.54) is 0 Å². The SMILES string of the molecule is CC(C)CCOC(=O)c1cc(C(=O)OCCC(C)C)c(C(=O)OCCC(C)C)cc1C(=O)OCCC(=O)OCc1ccccc1. The van der Waals surface area contributed by atoms with Crippen molar-refractivity contribution in [2.24, 2.45) is 17.8 Å². The van der Waals surface area contributed by atoms with Crippen LogP contribution >= 0.6 is 0 Å². The summed E-state index contributed by atoms with van der Waals surface area (Å²) in [6.07, 6.45) is 1.50. The van der Waals surface area contributed by atoms with Crippen molar-refractivity contribution >= 4 is 29.8 Å². The molecule has 0 aliphatic carbocycles. The first kappa shape index (κ1) is 37.0. The normalized spacial score (nSPS) is 11.0. The van der Waals surface area contributed by atoms with Crippen molar-refractivity contribution in [1.29, 1.82) is 0 Å². The molecule has 0 aliphatic heterocycles. The molecule has 2 aromatic rings. The number of hydrogen-bond acceptors (Lipinski definition) is 10. The van der Waals surface area contributed by atoms with Gasteiger partial charge in [0.15, 0.2) is 0 Å². The standard InChI is InChI=1S/C35H46O10/c1-23(2)12-16-41-32(37)27-20-29(34(39)43-18-14-25(5)6)30(21-28(27)33(38)42-17-13-24(3)4)35(40)44-19-15-31(36)45-22-26-10-8-7-9-11-26/h7-11,20-21,23-25H,12-19,22H2,1-6H3. The maximum Gasteiger partial charge on any atom is 0.339 e. The van der Waals surface area contributed by atoms with Crippen molar-refractivity contribution in [3.8, 4) is 0 Å². The van der Waals surface area contributed by atoms with Gasteiger partial charge in [0.05, 0.1) is 48.5 Å². The Hall–Kier alpha value is -4.21. The monoisotopic (exact) mass is 626 g/mol. The van der Waals surface area contributed by atoms with Crippen LogP contribution in [0.5, 0.6) is 0 Å². The lowest BCUT2D eigenvalue weighted by molar-refractivity contribution is -0.145. The van der Waals surface area contributed by atoms with Crippen LogP contribution in [0.25, 0.3) is 0 Å². The molecule has 0 amide bonds. The van der Waals surface area contributed by atoms with Gasteiger partial charge >= 0.3 is 29.8 Å². The zero-order valence-electron chi connectivity index (χ0n) is 27.2. The second-order valence-electron chi connectivity index (χ2n) is 11.9. The lowest BCUT2D eigenvalue weighted by atomic mass is 9.97. The molecule has 0 aromatic heterocycles. The summed E-state index contributed by atoms with van der Waals surface area (Å²) in [6, 6.07) is 11.3. The smallest absolute Gasteiger partial charge is 0.339 e. The van der Waals surface area contributed by atoms with E-state index in [1.54, 1.807) is 0 Å². The summed E-state index contributed by atoms with van der Waals surface area (Å²) in [4.78, 5) is 65.0. The highest BCUT2D eigenvalue weighted by Crippen LogP contribution is 2.23. The maximum absolute atomic E-state index is 13.3. The minimum Gasteiger partial charge on any atom is -0.462 e. The van der Waals surface area contributed by atoms with Crippen molar-refractivity contribution in [1.82, 2.24) is 0 Å². The van der Waals surface area contributed by atoms with Gasteiger partial charge in [0.25, 0.3) is 0 Å². The van der Waals surface area contributed by atoms with Crippen LogP contribution in [0, 0.1) is 17.8 Å². The fourth-order valence-electron chi connectivity index (χ4n) is 3.79. The van der Waals surface area contributed by atoms with E-state index in [-0.39, 0.29) is 79.5 Å². The van der Waals surface area contributed by atoms with E-state index in [1.807, 2.05) is 71.9 Å². The molecule has 0 unspecified atom stereocenters. The van der Waals surface area contributed by atoms with E-state index in [4.69, 9.17) is 23.7 Å². The van der Waals surface area contributed by atoms with Crippen LogP contribution in [-0.4, -0.2) is 56.3 Å². The highest BCUT2D eigenvalue weighted by molar-refractivity contribution is 6.10. The summed E-state index contributed by atoms with van der Waals surface area (Å²) in [7, 11) is 0. The Balaban J connectivity index is 2.34. The van der Waals surface area contributed by atoms with E-state index in [0.29, 0.717) is 19.3 Å². The van der Waals surface area contributed by atoms with Crippen LogP contribution in [-0.2, 0) is 35.1 Å². The van der Waals surface area contributed by atoms with Crippen LogP contribution < -0.4 is 0 Å². The second kappa shape index (κ2) is 19.2. The molecule has 2 rings (SSSR count). The van der Waals surface area contributed by atoms with Crippen molar-refractivity contribution in [2.75, 3.05) is 26.4 Å². The minimum absolute atomic E-state index is 0.0665. The fourth-order valence-corrected chi connectivity index (χ4v) is 3.79. The predicted molar refractivity (Wildman–Crippen MR) is 167 cm³/mol. The first-order chi connectivity index (χ1) is 21.4. The Morgan fingerprint density at radius 1 is 0.511 bits per heavy atom. The lowest BCUT2D eigenvalue weighted by Gasteiger charge is -2.16. The van der Waals surface area contributed by atoms with Gasteiger partial charge < -0.3 is 23.7 Å². The average Bonchev–Trinajstić information content (AvgIpc) is 2.99. The van der Waals surface area contributed by atoms with E-state index in [2.05, 4.69) is 0 Å². The Labute approximate surface area is 265 Å². The third kappa shape index (κ3) is 13.5. The molecule has 10 nitrogen and oxygen atoms in total. The van der Waals surface area contributed by atoms with Crippen molar-refractivity contribution in [3.63, 3.8) is 0 Å². The summed E-state index contributed by atoms with van der Waals surface area (Å²) < 4.78 is 26.7. The van der Waals surface area contributed by atoms with Gasteiger partial charge in [0.2, 0.25) is 0 Å². The summed E-state index contributed by atoms with van der Waals surface area (Å²) in [5.74, 6) is -3.39. The lowest BCUT2D eigenvalue weighted by Crippen LogP contribution is -2.22. The van der Waals surface area contributed by atoms with Crippen LogP contribution in [0.3, 0.4) is 0 Å². The largest absolute Gasteiger partial charge is 0.462 e. The molecule has 0 fully saturated rings. The highest BCUT2D eigenvalue weighted by Gasteiger charge is 2.29. The molecule has 0 saturated heterocycles. The first-order valence-electron chi connectivity index (χ1n) is 15.4. The number of carbonyl (C=O) groups is 5. The Bertz CT molecular complexity index is 1280. The maximum atomic E-state index is 13.3. The van der Waals surface area contributed by atoms with E-state index in [0.717, 1.165) is 17.7 Å². The average molecular weight is 627 g/mol. The molecule has 0 N–H and O–H groups in total. The third-order valence-electron chi connectivity index (χ3n) is 6.60. The molecule has 0 radical (unpaired) electrons. The molecule has 0 bridgehead atoms. The van der Waals surface area contributed by atoms with Gasteiger partial charge in [-0.3, -0.25) is 4.79 Å². The fraction of sp³-hybridized carbons (Fsp3) is 0.514. The number of ether oxygens (including phenoxy) is 5. The summed E-state index contributed by atoms with van der Waals surface area (Å²) in [5, 5.41) is 0. The molecule has 246 valence electrons. The quantitative estimate of drug-likeness (QED) is 0.132. The van der Waals surface area contributed by atoms with Crippen molar-refractivity contribution in [2.45, 2.75) is 73.8 Å². The van der Waals surface area contributed by atoms with Crippen LogP contribution in [0.4, 0.5) is 0 Å². The number of esters is 5. The second-order valence-corrected chi connectivity index (χ2v) is 11.9. The molecule has 0 spiro atoms. The van der Waals surface area contributed by atoms with Crippen LogP contribution in [0.2, 0.25) is 0 Å². The Kier molecular flexibility index (Phi) is 15.8. The van der Waals surface area contributed by atoms with Crippen LogP contribution in [0.15, 0.2) is 42.5 Å². The van der Waals surface area contributed by atoms with Gasteiger partial charge in [-0.15, -0.1) is 0 Å². The Morgan fingerprint density at radius 2 is 0.867 bits per heavy atom. The predicted octanol–water partition coefficient (Wildman–Crippen LogP) is 6.59.